The van der Waals surface area contributed by atoms with Crippen LogP contribution in [0.1, 0.15) is 18.1 Å². The van der Waals surface area contributed by atoms with Gasteiger partial charge in [-0.1, -0.05) is 66.3 Å². The molecule has 0 fully saturated rings. The molecule has 4 rings (SSSR count). The first-order chi connectivity index (χ1) is 14.8. The van der Waals surface area contributed by atoms with Gasteiger partial charge in [-0.15, -0.1) is 12.8 Å². The second-order valence-electron chi connectivity index (χ2n) is 7.00. The molecule has 1 aliphatic heterocycles. The highest BCUT2D eigenvalue weighted by Crippen LogP contribution is 2.36. The van der Waals surface area contributed by atoms with E-state index in [2.05, 4.69) is 97.5 Å². The lowest BCUT2D eigenvalue weighted by Crippen LogP contribution is -2.18. The Balaban J connectivity index is 0.00000124. The third-order valence-corrected chi connectivity index (χ3v) is 5.11. The molecule has 0 bridgehead atoms. The molecule has 2 heteroatoms. The van der Waals surface area contributed by atoms with Crippen molar-refractivity contribution in [2.75, 3.05) is 11.4 Å². The van der Waals surface area contributed by atoms with Gasteiger partial charge >= 0.3 is 0 Å². The van der Waals surface area contributed by atoms with Crippen molar-refractivity contribution in [3.8, 4) is 30.0 Å². The van der Waals surface area contributed by atoms with Crippen molar-refractivity contribution in [1.29, 1.82) is 5.26 Å². The lowest BCUT2D eigenvalue weighted by Gasteiger charge is -2.27. The number of fused-ring (bicyclic) bond motifs is 1. The predicted molar refractivity (Wildman–Crippen MR) is 127 cm³/mol. The molecule has 0 saturated heterocycles. The molecule has 0 N–H and O–H groups in total. The third kappa shape index (κ3) is 4.52. The van der Waals surface area contributed by atoms with E-state index < -0.39 is 0 Å². The molecule has 0 atom stereocenters. The van der Waals surface area contributed by atoms with Gasteiger partial charge in [-0.05, 0) is 60.4 Å². The topological polar surface area (TPSA) is 27.0 Å². The molecule has 0 radical (unpaired) electrons. The first-order valence-corrected chi connectivity index (χ1v) is 9.88. The number of rotatable bonds is 2. The molecule has 0 aromatic heterocycles. The van der Waals surface area contributed by atoms with Gasteiger partial charge < -0.3 is 4.90 Å². The number of terminal acetylenes is 1. The Bertz CT molecular complexity index is 1130. The van der Waals surface area contributed by atoms with Crippen molar-refractivity contribution in [2.24, 2.45) is 0 Å². The summed E-state index contributed by atoms with van der Waals surface area (Å²) in [6, 6.07) is 27.1. The average molecular weight is 389 g/mol. The van der Waals surface area contributed by atoms with Crippen molar-refractivity contribution < 1.29 is 0 Å². The second-order valence-corrected chi connectivity index (χ2v) is 7.00. The number of nitrogens with zero attached hydrogens (tertiary/aromatic N) is 2. The highest BCUT2D eigenvalue weighted by Gasteiger charge is 2.17. The van der Waals surface area contributed by atoms with Crippen molar-refractivity contribution in [2.45, 2.75) is 13.3 Å². The lowest BCUT2D eigenvalue weighted by molar-refractivity contribution is 1.07. The molecule has 3 aromatic carbocycles. The number of benzene rings is 3. The van der Waals surface area contributed by atoms with E-state index in [1.807, 2.05) is 24.3 Å². The molecular formula is C28H24N2. The van der Waals surface area contributed by atoms with Gasteiger partial charge in [-0.25, -0.2) is 0 Å². The third-order valence-electron chi connectivity index (χ3n) is 5.11. The van der Waals surface area contributed by atoms with Crippen LogP contribution in [0.3, 0.4) is 0 Å². The summed E-state index contributed by atoms with van der Waals surface area (Å²) < 4.78 is 0. The Hall–Kier alpha value is -4.01. The van der Waals surface area contributed by atoms with Crippen LogP contribution in [-0.2, 0) is 6.42 Å². The fourth-order valence-electron chi connectivity index (χ4n) is 3.69. The fourth-order valence-corrected chi connectivity index (χ4v) is 3.69. The molecule has 3 aromatic rings. The maximum absolute atomic E-state index is 9.32. The molecule has 0 saturated carbocycles. The Kier molecular flexibility index (Phi) is 6.88. The quantitative estimate of drug-likeness (QED) is 0.458. The van der Waals surface area contributed by atoms with Crippen molar-refractivity contribution in [3.63, 3.8) is 0 Å². The number of anilines is 2. The molecule has 0 spiro atoms. The van der Waals surface area contributed by atoms with Crippen LogP contribution in [-0.4, -0.2) is 6.54 Å². The number of hydrogen-bond donors (Lipinski definition) is 0. The summed E-state index contributed by atoms with van der Waals surface area (Å²) in [5, 5.41) is 9.32. The van der Waals surface area contributed by atoms with E-state index in [0.717, 1.165) is 18.5 Å². The maximum atomic E-state index is 9.32. The number of nitriles is 1. The van der Waals surface area contributed by atoms with Crippen LogP contribution >= 0.6 is 0 Å². The molecule has 2 nitrogen and oxygen atoms in total. The minimum Gasteiger partial charge on any atom is -0.337 e. The molecule has 0 unspecified atom stereocenters. The van der Waals surface area contributed by atoms with Gasteiger partial charge in [0, 0.05) is 17.9 Å². The second kappa shape index (κ2) is 9.97. The summed E-state index contributed by atoms with van der Waals surface area (Å²) in [5.74, 6) is 0. The molecule has 146 valence electrons. The van der Waals surface area contributed by atoms with Gasteiger partial charge in [-0.3, -0.25) is 0 Å². The number of allylic oxidation sites excluding steroid dienone is 3. The molecule has 0 aliphatic carbocycles. The molecular weight excluding hydrogens is 364 g/mol. The van der Waals surface area contributed by atoms with Gasteiger partial charge in [0.05, 0.1) is 11.6 Å². The van der Waals surface area contributed by atoms with Crippen LogP contribution in [0.4, 0.5) is 11.4 Å². The highest BCUT2D eigenvalue weighted by atomic mass is 15.1. The van der Waals surface area contributed by atoms with E-state index >= 15 is 0 Å². The normalized spacial score (nSPS) is 15.5. The molecule has 1 heterocycles. The van der Waals surface area contributed by atoms with Gasteiger partial charge in [0.1, 0.15) is 0 Å². The van der Waals surface area contributed by atoms with Crippen LogP contribution in [0.25, 0.3) is 11.1 Å². The Morgan fingerprint density at radius 3 is 2.47 bits per heavy atom. The van der Waals surface area contributed by atoms with Crippen LogP contribution < -0.4 is 4.90 Å². The minimum atomic E-state index is 0.687. The van der Waals surface area contributed by atoms with Crippen molar-refractivity contribution in [1.82, 2.24) is 0 Å². The van der Waals surface area contributed by atoms with Crippen LogP contribution in [0.5, 0.6) is 0 Å². The molecule has 30 heavy (non-hydrogen) atoms. The summed E-state index contributed by atoms with van der Waals surface area (Å²) in [4.78, 5) is 2.36. The van der Waals surface area contributed by atoms with Crippen LogP contribution in [0, 0.1) is 24.2 Å². The molecule has 1 aliphatic rings. The summed E-state index contributed by atoms with van der Waals surface area (Å²) in [5.41, 5.74) is 7.89. The summed E-state index contributed by atoms with van der Waals surface area (Å²) >= 11 is 0. The van der Waals surface area contributed by atoms with E-state index in [1.165, 1.54) is 28.1 Å². The fraction of sp³-hybridized carbons (Fsp3) is 0.107. The first-order valence-electron chi connectivity index (χ1n) is 9.88. The number of para-hydroxylation sites is 1. The summed E-state index contributed by atoms with van der Waals surface area (Å²) in [6.45, 7) is 2.96. The zero-order valence-corrected chi connectivity index (χ0v) is 17.1. The zero-order valence-electron chi connectivity index (χ0n) is 17.1. The minimum absolute atomic E-state index is 0.687. The summed E-state index contributed by atoms with van der Waals surface area (Å²) in [7, 11) is 0. The zero-order chi connectivity index (χ0) is 21.3. The standard InChI is InChI=1S/C26H22N2.C2H2/c1-20-8-7-17-28(23-11-3-2-4-12-23)26-14-6-13-24(25(26)16-15-20)22-10-5-9-21(18-22)19-27;1-2/h2-15,18H,16-17H2,1H3;1-2H/b8-7-,20-15-;. The Morgan fingerprint density at radius 1 is 0.933 bits per heavy atom. The summed E-state index contributed by atoms with van der Waals surface area (Å²) in [6.07, 6.45) is 15.5. The van der Waals surface area contributed by atoms with Crippen molar-refractivity contribution in [3.05, 3.63) is 108 Å². The average Bonchev–Trinajstić information content (AvgIpc) is 2.90. The van der Waals surface area contributed by atoms with E-state index in [9.17, 15) is 5.26 Å². The lowest BCUT2D eigenvalue weighted by atomic mass is 9.94. The predicted octanol–water partition coefficient (Wildman–Crippen LogP) is 6.67. The van der Waals surface area contributed by atoms with E-state index in [-0.39, 0.29) is 0 Å². The first kappa shape index (κ1) is 20.7. The van der Waals surface area contributed by atoms with Gasteiger partial charge in [0.25, 0.3) is 0 Å². The van der Waals surface area contributed by atoms with Crippen molar-refractivity contribution >= 4 is 11.4 Å². The SMILES string of the molecule is C#C.CC1=C/Cc2c(-c3cccc(C#N)c3)cccc2N(c2ccccc2)C/C=C\1. The Labute approximate surface area is 179 Å². The van der Waals surface area contributed by atoms with E-state index in [1.54, 1.807) is 0 Å². The maximum Gasteiger partial charge on any atom is 0.0991 e. The van der Waals surface area contributed by atoms with E-state index in [4.69, 9.17) is 0 Å². The highest BCUT2D eigenvalue weighted by molar-refractivity contribution is 5.79. The number of hydrogen-bond acceptors (Lipinski definition) is 2. The van der Waals surface area contributed by atoms with Crippen LogP contribution in [0.2, 0.25) is 0 Å². The van der Waals surface area contributed by atoms with Gasteiger partial charge in [0.15, 0.2) is 0 Å². The Morgan fingerprint density at radius 2 is 1.70 bits per heavy atom. The van der Waals surface area contributed by atoms with Crippen LogP contribution in [0.15, 0.2) is 96.6 Å². The van der Waals surface area contributed by atoms with Gasteiger partial charge in [0.2, 0.25) is 0 Å². The smallest absolute Gasteiger partial charge is 0.0991 e. The van der Waals surface area contributed by atoms with Gasteiger partial charge in [-0.2, -0.15) is 5.26 Å². The van der Waals surface area contributed by atoms with E-state index in [0.29, 0.717) is 5.56 Å². The largest absolute Gasteiger partial charge is 0.337 e. The molecule has 0 amide bonds. The monoisotopic (exact) mass is 388 g/mol.